The van der Waals surface area contributed by atoms with Crippen LogP contribution in [0.2, 0.25) is 5.02 Å². The van der Waals surface area contributed by atoms with Crippen LogP contribution in [0.3, 0.4) is 0 Å². The van der Waals surface area contributed by atoms with Crippen LogP contribution in [-0.4, -0.2) is 29.1 Å². The summed E-state index contributed by atoms with van der Waals surface area (Å²) < 4.78 is 0. The number of halogens is 1. The maximum Gasteiger partial charge on any atom is 0.146 e. The smallest absolute Gasteiger partial charge is 0.146 e. The van der Waals surface area contributed by atoms with E-state index in [0.717, 1.165) is 0 Å². The Morgan fingerprint density at radius 2 is 2.16 bits per heavy atom. The van der Waals surface area contributed by atoms with Crippen LogP contribution in [0.25, 0.3) is 0 Å². The molecule has 1 aromatic rings. The van der Waals surface area contributed by atoms with Crippen molar-refractivity contribution in [3.05, 3.63) is 23.4 Å². The van der Waals surface area contributed by atoms with Crippen LogP contribution >= 0.6 is 11.6 Å². The summed E-state index contributed by atoms with van der Waals surface area (Å²) in [6, 6.07) is 3.43. The normalized spacial score (nSPS) is 12.2. The zero-order valence-electron chi connectivity index (χ0n) is 10.6. The summed E-state index contributed by atoms with van der Waals surface area (Å²) in [6.07, 6.45) is 3.04. The van der Waals surface area contributed by atoms with Gasteiger partial charge in [-0.15, -0.1) is 0 Å². The third-order valence-corrected chi connectivity index (χ3v) is 2.18. The molecular weight excluding hydrogens is 337 g/mol. The van der Waals surface area contributed by atoms with Gasteiger partial charge in [-0.3, -0.25) is 5.43 Å². The molecule has 1 heterocycles. The maximum absolute atomic E-state index is 5.70. The van der Waals surface area contributed by atoms with E-state index >= 15 is 0 Å². The fraction of sp³-hybridized carbons (Fsp3) is 0.200. The molecular formula is C10H12ClN6SZn-. The summed E-state index contributed by atoms with van der Waals surface area (Å²) in [6.45, 7) is 1.75. The maximum atomic E-state index is 5.70. The van der Waals surface area contributed by atoms with Crippen molar-refractivity contribution in [1.82, 2.24) is 10.3 Å². The third kappa shape index (κ3) is 7.82. The van der Waals surface area contributed by atoms with Gasteiger partial charge in [0.2, 0.25) is 0 Å². The molecule has 1 rings (SSSR count). The number of aromatic nitrogens is 1. The van der Waals surface area contributed by atoms with Gasteiger partial charge < -0.3 is 17.9 Å². The Morgan fingerprint density at radius 1 is 1.42 bits per heavy atom. The molecule has 9 heteroatoms. The van der Waals surface area contributed by atoms with E-state index in [1.807, 2.05) is 0 Å². The first-order chi connectivity index (χ1) is 8.61. The molecule has 0 saturated heterocycles. The minimum Gasteiger partial charge on any atom is -0.741 e. The first-order valence-electron chi connectivity index (χ1n) is 4.99. The van der Waals surface area contributed by atoms with Gasteiger partial charge in [0.15, 0.2) is 0 Å². The van der Waals surface area contributed by atoms with E-state index in [2.05, 4.69) is 31.0 Å². The number of nitrogens with zero attached hydrogens (tertiary/aromatic N) is 4. The van der Waals surface area contributed by atoms with Gasteiger partial charge in [-0.25, -0.2) is 4.98 Å². The molecule has 0 unspecified atom stereocenters. The van der Waals surface area contributed by atoms with E-state index in [-0.39, 0.29) is 19.5 Å². The van der Waals surface area contributed by atoms with Crippen LogP contribution in [0, 0.1) is 0 Å². The van der Waals surface area contributed by atoms with Gasteiger partial charge in [-0.1, -0.05) is 11.6 Å². The number of hydrazone groups is 1. The second-order valence-corrected chi connectivity index (χ2v) is 3.95. The van der Waals surface area contributed by atoms with Crippen LogP contribution in [0.1, 0.15) is 6.92 Å². The van der Waals surface area contributed by atoms with Crippen LogP contribution in [-0.2, 0) is 32.1 Å². The van der Waals surface area contributed by atoms with Crippen molar-refractivity contribution in [2.24, 2.45) is 15.3 Å². The first kappa shape index (κ1) is 17.9. The SMILES string of the molecule is CNC([S-])=NN=C(C)C=NNc1ccc(Cl)cn1.[Zn]. The van der Waals surface area contributed by atoms with E-state index in [1.54, 1.807) is 26.1 Å². The van der Waals surface area contributed by atoms with Crippen molar-refractivity contribution in [1.29, 1.82) is 0 Å². The molecule has 0 radical (unpaired) electrons. The van der Waals surface area contributed by atoms with Crippen molar-refractivity contribution >= 4 is 47.1 Å². The summed E-state index contributed by atoms with van der Waals surface area (Å²) in [5.41, 5.74) is 3.34. The van der Waals surface area contributed by atoms with Gasteiger partial charge >= 0.3 is 0 Å². The standard InChI is InChI=1S/C10H13ClN6S.Zn/c1-7(15-17-10(18)12-2)5-14-16-9-4-3-8(11)6-13-9;/h3-6H,1-2H3,(H,13,16)(H2,12,17,18);/p-1. The monoisotopic (exact) mass is 347 g/mol. The molecule has 6 nitrogen and oxygen atoms in total. The number of hydrogen-bond donors (Lipinski definition) is 2. The summed E-state index contributed by atoms with van der Waals surface area (Å²) >= 11 is 10.5. The average molecular weight is 349 g/mol. The molecule has 0 amide bonds. The van der Waals surface area contributed by atoms with Gasteiger partial charge in [0.1, 0.15) is 5.82 Å². The van der Waals surface area contributed by atoms with Gasteiger partial charge in [0, 0.05) is 32.7 Å². The number of pyridine rings is 1. The molecule has 0 spiro atoms. The predicted octanol–water partition coefficient (Wildman–Crippen LogP) is 1.63. The van der Waals surface area contributed by atoms with Gasteiger partial charge in [0.05, 0.1) is 16.9 Å². The zero-order valence-corrected chi connectivity index (χ0v) is 15.1. The number of nitrogens with one attached hydrogen (secondary N) is 2. The number of rotatable bonds is 4. The van der Waals surface area contributed by atoms with Gasteiger partial charge in [-0.2, -0.15) is 15.3 Å². The molecule has 98 valence electrons. The Balaban J connectivity index is 0.00000324. The number of amidine groups is 1. The Bertz CT molecular complexity index is 473. The van der Waals surface area contributed by atoms with E-state index < -0.39 is 0 Å². The average Bonchev–Trinajstić information content (AvgIpc) is 2.38. The van der Waals surface area contributed by atoms with Gasteiger partial charge in [-0.05, 0) is 24.2 Å². The van der Waals surface area contributed by atoms with Crippen LogP contribution < -0.4 is 10.7 Å². The van der Waals surface area contributed by atoms with Gasteiger partial charge in [0.25, 0.3) is 0 Å². The van der Waals surface area contributed by atoms with Crippen LogP contribution in [0.4, 0.5) is 5.82 Å². The molecule has 0 fully saturated rings. The molecule has 0 bridgehead atoms. The van der Waals surface area contributed by atoms with Crippen LogP contribution in [0.15, 0.2) is 33.6 Å². The van der Waals surface area contributed by atoms with E-state index in [9.17, 15) is 0 Å². The Hall–Kier alpha value is -1.11. The second kappa shape index (κ2) is 9.78. The van der Waals surface area contributed by atoms with Crippen molar-refractivity contribution in [2.75, 3.05) is 12.5 Å². The summed E-state index contributed by atoms with van der Waals surface area (Å²) in [7, 11) is 1.68. The molecule has 0 aliphatic carbocycles. The van der Waals surface area contributed by atoms with Crippen molar-refractivity contribution in [3.8, 4) is 0 Å². The zero-order chi connectivity index (χ0) is 13.4. The number of hydrogen-bond acceptors (Lipinski definition) is 6. The van der Waals surface area contributed by atoms with Crippen molar-refractivity contribution in [3.63, 3.8) is 0 Å². The van der Waals surface area contributed by atoms with E-state index in [0.29, 0.717) is 21.7 Å². The first-order valence-corrected chi connectivity index (χ1v) is 5.78. The summed E-state index contributed by atoms with van der Waals surface area (Å²) in [5, 5.41) is 15.1. The summed E-state index contributed by atoms with van der Waals surface area (Å²) in [5.74, 6) is 0.589. The molecule has 19 heavy (non-hydrogen) atoms. The predicted molar refractivity (Wildman–Crippen MR) is 78.3 cm³/mol. The van der Waals surface area contributed by atoms with Crippen molar-refractivity contribution < 1.29 is 19.5 Å². The van der Waals surface area contributed by atoms with E-state index in [4.69, 9.17) is 24.2 Å². The number of anilines is 1. The minimum absolute atomic E-state index is 0. The molecule has 1 aromatic heterocycles. The molecule has 0 atom stereocenters. The molecule has 0 saturated carbocycles. The Labute approximate surface area is 135 Å². The van der Waals surface area contributed by atoms with E-state index in [1.165, 1.54) is 12.4 Å². The third-order valence-electron chi connectivity index (χ3n) is 1.67. The minimum atomic E-state index is 0. The topological polar surface area (TPSA) is 74.0 Å². The van der Waals surface area contributed by atoms with Crippen molar-refractivity contribution in [2.45, 2.75) is 6.92 Å². The Kier molecular flexibility index (Phi) is 9.21. The molecule has 2 N–H and O–H groups in total. The van der Waals surface area contributed by atoms with Crippen LogP contribution in [0.5, 0.6) is 0 Å². The second-order valence-electron chi connectivity index (χ2n) is 3.13. The molecule has 0 aliphatic rings. The molecule has 0 aromatic carbocycles. The summed E-state index contributed by atoms with van der Waals surface area (Å²) in [4.78, 5) is 4.01. The fourth-order valence-corrected chi connectivity index (χ4v) is 0.986. The quantitative estimate of drug-likeness (QED) is 0.285. The largest absolute Gasteiger partial charge is 0.741 e. The fourth-order valence-electron chi connectivity index (χ4n) is 0.834. The molecule has 0 aliphatic heterocycles. The Morgan fingerprint density at radius 3 is 2.74 bits per heavy atom.